The average Bonchev–Trinajstić information content (AvgIpc) is 2.86. The molecule has 0 saturated carbocycles. The van der Waals surface area contributed by atoms with Crippen LogP contribution in [0.15, 0.2) is 15.5 Å². The minimum atomic E-state index is -0.382. The van der Waals surface area contributed by atoms with E-state index in [2.05, 4.69) is 42.9 Å². The maximum Gasteiger partial charge on any atom is 0.341 e. The molecule has 1 fully saturated rings. The highest BCUT2D eigenvalue weighted by molar-refractivity contribution is 14.0. The lowest BCUT2D eigenvalue weighted by Gasteiger charge is -2.62. The first kappa shape index (κ1) is 20.8. The van der Waals surface area contributed by atoms with Crippen molar-refractivity contribution in [1.82, 2.24) is 10.2 Å². The third-order valence-corrected chi connectivity index (χ3v) is 5.15. The lowest BCUT2D eigenvalue weighted by atomic mass is 9.65. The summed E-state index contributed by atoms with van der Waals surface area (Å²) < 4.78 is 10.4. The maximum absolute atomic E-state index is 11.6. The fourth-order valence-corrected chi connectivity index (χ4v) is 2.80. The minimum absolute atomic E-state index is 0. The number of furan rings is 1. The number of esters is 1. The van der Waals surface area contributed by atoms with Crippen LogP contribution >= 0.6 is 24.0 Å². The molecule has 0 amide bonds. The summed E-state index contributed by atoms with van der Waals surface area (Å²) in [6, 6.07) is 1.71. The van der Waals surface area contributed by atoms with E-state index in [1.54, 1.807) is 20.0 Å². The number of aryl methyl sites for hydroxylation is 1. The van der Waals surface area contributed by atoms with Gasteiger partial charge < -0.3 is 19.4 Å². The Balaban J connectivity index is 0.00000288. The number of ether oxygens (including phenoxy) is 1. The number of aliphatic imine (C=N–C) groups is 1. The van der Waals surface area contributed by atoms with E-state index in [4.69, 9.17) is 9.15 Å². The molecule has 0 aromatic carbocycles. The van der Waals surface area contributed by atoms with Crippen LogP contribution in [0.3, 0.4) is 0 Å². The van der Waals surface area contributed by atoms with E-state index in [0.717, 1.165) is 12.5 Å². The zero-order valence-electron chi connectivity index (χ0n) is 15.5. The standard InChI is InChI=1S/C17H27N3O3.HI/c1-11-13(14(21)22-7)8-12(23-11)9-19-15(18-6)20-10-16(2,3)17(20,4)5;/h8H,9-10H2,1-7H3,(H,18,19);1H. The Morgan fingerprint density at radius 1 is 1.42 bits per heavy atom. The number of guanidine groups is 1. The van der Waals surface area contributed by atoms with Crippen molar-refractivity contribution in [3.63, 3.8) is 0 Å². The minimum Gasteiger partial charge on any atom is -0.465 e. The molecule has 1 aliphatic heterocycles. The summed E-state index contributed by atoms with van der Waals surface area (Å²) in [6.07, 6.45) is 0. The Bertz CT molecular complexity index is 635. The molecule has 6 nitrogen and oxygen atoms in total. The number of carbonyl (C=O) groups is 1. The van der Waals surface area contributed by atoms with Gasteiger partial charge in [0.2, 0.25) is 0 Å². The Labute approximate surface area is 161 Å². The summed E-state index contributed by atoms with van der Waals surface area (Å²) >= 11 is 0. The van der Waals surface area contributed by atoms with Gasteiger partial charge in [0.1, 0.15) is 17.1 Å². The predicted octanol–water partition coefficient (Wildman–Crippen LogP) is 3.19. The van der Waals surface area contributed by atoms with Crippen LogP contribution in [0.2, 0.25) is 0 Å². The molecule has 0 radical (unpaired) electrons. The van der Waals surface area contributed by atoms with Gasteiger partial charge >= 0.3 is 5.97 Å². The van der Waals surface area contributed by atoms with E-state index in [1.807, 2.05) is 0 Å². The van der Waals surface area contributed by atoms with Crippen molar-refractivity contribution in [2.24, 2.45) is 10.4 Å². The van der Waals surface area contributed by atoms with Crippen LogP contribution in [-0.4, -0.2) is 43.1 Å². The number of likely N-dealkylation sites (tertiary alicyclic amines) is 1. The first-order valence-electron chi connectivity index (χ1n) is 7.80. The number of nitrogens with zero attached hydrogens (tertiary/aromatic N) is 2. The number of nitrogens with one attached hydrogen (secondary N) is 1. The fourth-order valence-electron chi connectivity index (χ4n) is 2.80. The van der Waals surface area contributed by atoms with Crippen molar-refractivity contribution in [2.75, 3.05) is 20.7 Å². The number of carbonyl (C=O) groups excluding carboxylic acids is 1. The molecular formula is C17H28IN3O3. The van der Waals surface area contributed by atoms with Gasteiger partial charge in [-0.1, -0.05) is 13.8 Å². The maximum atomic E-state index is 11.6. The van der Waals surface area contributed by atoms with Crippen molar-refractivity contribution in [3.8, 4) is 0 Å². The molecule has 0 spiro atoms. The number of methoxy groups -OCH3 is 1. The van der Waals surface area contributed by atoms with Gasteiger partial charge in [-0.15, -0.1) is 24.0 Å². The smallest absolute Gasteiger partial charge is 0.341 e. The Morgan fingerprint density at radius 2 is 2.04 bits per heavy atom. The quantitative estimate of drug-likeness (QED) is 0.332. The van der Waals surface area contributed by atoms with Gasteiger partial charge in [0, 0.05) is 24.5 Å². The molecule has 0 aliphatic carbocycles. The fraction of sp³-hybridized carbons (Fsp3) is 0.647. The van der Waals surface area contributed by atoms with Crippen LogP contribution in [0, 0.1) is 12.3 Å². The third-order valence-electron chi connectivity index (χ3n) is 5.15. The summed E-state index contributed by atoms with van der Waals surface area (Å²) in [6.45, 7) is 12.1. The molecule has 1 aromatic rings. The van der Waals surface area contributed by atoms with E-state index in [0.29, 0.717) is 23.6 Å². The highest BCUT2D eigenvalue weighted by Gasteiger charge is 2.53. The Morgan fingerprint density at radius 3 is 2.50 bits per heavy atom. The van der Waals surface area contributed by atoms with Crippen molar-refractivity contribution in [2.45, 2.75) is 46.7 Å². The number of hydrogen-bond acceptors (Lipinski definition) is 4. The van der Waals surface area contributed by atoms with E-state index in [1.165, 1.54) is 7.11 Å². The van der Waals surface area contributed by atoms with E-state index in [9.17, 15) is 4.79 Å². The van der Waals surface area contributed by atoms with Crippen molar-refractivity contribution >= 4 is 35.9 Å². The topological polar surface area (TPSA) is 67.1 Å². The zero-order valence-corrected chi connectivity index (χ0v) is 17.8. The molecule has 1 saturated heterocycles. The summed E-state index contributed by atoms with van der Waals surface area (Å²) in [5, 5.41) is 3.31. The second-order valence-corrected chi connectivity index (χ2v) is 7.10. The summed E-state index contributed by atoms with van der Waals surface area (Å²) in [5.41, 5.74) is 0.736. The van der Waals surface area contributed by atoms with Crippen molar-refractivity contribution in [1.29, 1.82) is 0 Å². The van der Waals surface area contributed by atoms with Gasteiger partial charge in [0.05, 0.1) is 13.7 Å². The molecule has 24 heavy (non-hydrogen) atoms. The van der Waals surface area contributed by atoms with Crippen LogP contribution < -0.4 is 5.32 Å². The van der Waals surface area contributed by atoms with Crippen LogP contribution in [0.1, 0.15) is 49.6 Å². The van der Waals surface area contributed by atoms with Gasteiger partial charge in [0.25, 0.3) is 0 Å². The summed E-state index contributed by atoms with van der Waals surface area (Å²) in [7, 11) is 3.14. The second-order valence-electron chi connectivity index (χ2n) is 7.10. The molecule has 1 aliphatic rings. The van der Waals surface area contributed by atoms with E-state index in [-0.39, 0.29) is 40.9 Å². The van der Waals surface area contributed by atoms with Crippen LogP contribution in [0.4, 0.5) is 0 Å². The lowest BCUT2D eigenvalue weighted by molar-refractivity contribution is -0.0668. The zero-order chi connectivity index (χ0) is 17.4. The van der Waals surface area contributed by atoms with Gasteiger partial charge in [-0.2, -0.15) is 0 Å². The molecule has 0 atom stereocenters. The first-order valence-corrected chi connectivity index (χ1v) is 7.80. The highest BCUT2D eigenvalue weighted by atomic mass is 127. The number of rotatable bonds is 3. The van der Waals surface area contributed by atoms with E-state index < -0.39 is 0 Å². The molecule has 2 rings (SSSR count). The average molecular weight is 449 g/mol. The molecule has 2 heterocycles. The molecule has 7 heteroatoms. The second kappa shape index (κ2) is 7.33. The third kappa shape index (κ3) is 3.55. The van der Waals surface area contributed by atoms with Gasteiger partial charge in [-0.3, -0.25) is 4.99 Å². The first-order chi connectivity index (χ1) is 10.6. The Kier molecular flexibility index (Phi) is 6.35. The van der Waals surface area contributed by atoms with Crippen LogP contribution in [-0.2, 0) is 11.3 Å². The van der Waals surface area contributed by atoms with Gasteiger partial charge in [-0.25, -0.2) is 4.79 Å². The Hall–Kier alpha value is -1.25. The summed E-state index contributed by atoms with van der Waals surface area (Å²) in [4.78, 5) is 18.2. The van der Waals surface area contributed by atoms with Crippen LogP contribution in [0.25, 0.3) is 0 Å². The highest BCUT2D eigenvalue weighted by Crippen LogP contribution is 2.46. The molecule has 1 N–H and O–H groups in total. The lowest BCUT2D eigenvalue weighted by Crippen LogP contribution is -2.72. The van der Waals surface area contributed by atoms with Crippen molar-refractivity contribution < 1.29 is 13.9 Å². The van der Waals surface area contributed by atoms with Gasteiger partial charge in [-0.05, 0) is 26.8 Å². The monoisotopic (exact) mass is 449 g/mol. The normalized spacial score (nSPS) is 18.5. The molecular weight excluding hydrogens is 421 g/mol. The van der Waals surface area contributed by atoms with E-state index >= 15 is 0 Å². The molecule has 0 bridgehead atoms. The van der Waals surface area contributed by atoms with Gasteiger partial charge in [0.15, 0.2) is 5.96 Å². The van der Waals surface area contributed by atoms with Crippen molar-refractivity contribution in [3.05, 3.63) is 23.2 Å². The number of hydrogen-bond donors (Lipinski definition) is 1. The predicted molar refractivity (Wildman–Crippen MR) is 105 cm³/mol. The molecule has 0 unspecified atom stereocenters. The number of halogens is 1. The molecule has 136 valence electrons. The summed E-state index contributed by atoms with van der Waals surface area (Å²) in [5.74, 6) is 1.70. The largest absolute Gasteiger partial charge is 0.465 e. The van der Waals surface area contributed by atoms with Crippen LogP contribution in [0.5, 0.6) is 0 Å². The molecule has 1 aromatic heterocycles. The SMILES string of the molecule is CN=C(NCc1cc(C(=O)OC)c(C)o1)N1CC(C)(C)C1(C)C.I.